The van der Waals surface area contributed by atoms with Crippen molar-refractivity contribution in [3.63, 3.8) is 0 Å². The maximum Gasteiger partial charge on any atom is 0.188 e. The first kappa shape index (κ1) is 14.2. The third kappa shape index (κ3) is 2.96. The highest BCUT2D eigenvalue weighted by molar-refractivity contribution is 7.15. The van der Waals surface area contributed by atoms with Gasteiger partial charge in [0.05, 0.1) is 17.6 Å². The lowest BCUT2D eigenvalue weighted by molar-refractivity contribution is 1.16. The summed E-state index contributed by atoms with van der Waals surface area (Å²) in [6.45, 7) is 3.99. The average Bonchev–Trinajstić information content (AvgIpc) is 2.83. The second kappa shape index (κ2) is 5.94. The number of thiazole rings is 1. The average molecular weight is 313 g/mol. The molecule has 0 fully saturated rings. The standard InChI is InChI=1S/C14H15N7S/c1-8-9(2)22-14(19-8)21-13-11(15)12(17-7-18-13)20-10-4-3-5-16-6-10/h3-7H,15H2,1-2H3,(H2,17,18,19,20,21). The second-order valence-corrected chi connectivity index (χ2v) is 5.84. The van der Waals surface area contributed by atoms with Gasteiger partial charge in [0.15, 0.2) is 16.8 Å². The Morgan fingerprint density at radius 2 is 1.91 bits per heavy atom. The molecule has 0 saturated heterocycles. The normalized spacial score (nSPS) is 10.5. The lowest BCUT2D eigenvalue weighted by atomic mass is 10.4. The number of aryl methyl sites for hydroxylation is 2. The van der Waals surface area contributed by atoms with E-state index in [0.717, 1.165) is 21.4 Å². The van der Waals surface area contributed by atoms with Crippen molar-refractivity contribution in [1.82, 2.24) is 19.9 Å². The van der Waals surface area contributed by atoms with Crippen LogP contribution in [0.2, 0.25) is 0 Å². The number of hydrogen-bond donors (Lipinski definition) is 3. The maximum absolute atomic E-state index is 6.13. The zero-order chi connectivity index (χ0) is 15.5. The van der Waals surface area contributed by atoms with Crippen LogP contribution in [0.4, 0.5) is 28.1 Å². The fourth-order valence-corrected chi connectivity index (χ4v) is 2.61. The van der Waals surface area contributed by atoms with E-state index in [1.807, 2.05) is 26.0 Å². The van der Waals surface area contributed by atoms with Crippen LogP contribution in [0.5, 0.6) is 0 Å². The predicted molar refractivity (Wildman–Crippen MR) is 88.8 cm³/mol. The van der Waals surface area contributed by atoms with Gasteiger partial charge in [0.1, 0.15) is 12.0 Å². The van der Waals surface area contributed by atoms with Gasteiger partial charge in [-0.05, 0) is 26.0 Å². The highest BCUT2D eigenvalue weighted by atomic mass is 32.1. The van der Waals surface area contributed by atoms with Gasteiger partial charge >= 0.3 is 0 Å². The first-order valence-corrected chi connectivity index (χ1v) is 7.43. The van der Waals surface area contributed by atoms with E-state index >= 15 is 0 Å². The smallest absolute Gasteiger partial charge is 0.188 e. The molecule has 0 saturated carbocycles. The molecule has 0 aromatic carbocycles. The molecule has 3 aromatic rings. The van der Waals surface area contributed by atoms with Gasteiger partial charge in [0.2, 0.25) is 0 Å². The van der Waals surface area contributed by atoms with Gasteiger partial charge < -0.3 is 16.4 Å². The zero-order valence-electron chi connectivity index (χ0n) is 12.2. The number of nitrogens with two attached hydrogens (primary N) is 1. The Kier molecular flexibility index (Phi) is 3.84. The van der Waals surface area contributed by atoms with Crippen LogP contribution in [0.25, 0.3) is 0 Å². The van der Waals surface area contributed by atoms with Crippen LogP contribution >= 0.6 is 11.3 Å². The molecule has 0 spiro atoms. The number of aromatic nitrogens is 4. The van der Waals surface area contributed by atoms with Crippen LogP contribution in [-0.2, 0) is 0 Å². The van der Waals surface area contributed by atoms with Crippen molar-refractivity contribution in [2.45, 2.75) is 13.8 Å². The highest BCUT2D eigenvalue weighted by Crippen LogP contribution is 2.30. The number of pyridine rings is 1. The Labute approximate surface area is 131 Å². The van der Waals surface area contributed by atoms with Crippen molar-refractivity contribution >= 4 is 39.5 Å². The summed E-state index contributed by atoms with van der Waals surface area (Å²) in [4.78, 5) is 18.0. The lowest BCUT2D eigenvalue weighted by Gasteiger charge is -2.10. The second-order valence-electron chi connectivity index (χ2n) is 4.64. The number of hydrogen-bond acceptors (Lipinski definition) is 8. The molecule has 0 unspecified atom stereocenters. The molecule has 0 aliphatic carbocycles. The van der Waals surface area contributed by atoms with E-state index < -0.39 is 0 Å². The Balaban J connectivity index is 1.85. The minimum absolute atomic E-state index is 0.428. The minimum atomic E-state index is 0.428. The van der Waals surface area contributed by atoms with Crippen LogP contribution < -0.4 is 16.4 Å². The van der Waals surface area contributed by atoms with Crippen LogP contribution in [0.1, 0.15) is 10.6 Å². The molecular formula is C14H15N7S. The minimum Gasteiger partial charge on any atom is -0.393 e. The summed E-state index contributed by atoms with van der Waals surface area (Å²) in [5.74, 6) is 1.05. The summed E-state index contributed by atoms with van der Waals surface area (Å²) in [6.07, 6.45) is 4.85. The molecule has 3 rings (SSSR count). The van der Waals surface area contributed by atoms with Crippen LogP contribution in [0, 0.1) is 13.8 Å². The van der Waals surface area contributed by atoms with Crippen molar-refractivity contribution in [2.75, 3.05) is 16.4 Å². The fourth-order valence-electron chi connectivity index (χ4n) is 1.80. The molecule has 0 atom stereocenters. The summed E-state index contributed by atoms with van der Waals surface area (Å²) in [6, 6.07) is 3.72. The molecular weight excluding hydrogens is 298 g/mol. The Morgan fingerprint density at radius 3 is 2.55 bits per heavy atom. The molecule has 3 aromatic heterocycles. The monoisotopic (exact) mass is 313 g/mol. The molecule has 112 valence electrons. The Bertz CT molecular complexity index is 766. The molecule has 22 heavy (non-hydrogen) atoms. The molecule has 3 heterocycles. The molecule has 0 bridgehead atoms. The first-order chi connectivity index (χ1) is 10.6. The third-order valence-electron chi connectivity index (χ3n) is 3.06. The first-order valence-electron chi connectivity index (χ1n) is 6.62. The highest BCUT2D eigenvalue weighted by Gasteiger charge is 2.11. The molecule has 0 aliphatic rings. The van der Waals surface area contributed by atoms with E-state index in [1.165, 1.54) is 6.33 Å². The number of nitrogens with one attached hydrogen (secondary N) is 2. The van der Waals surface area contributed by atoms with Gasteiger partial charge in [-0.2, -0.15) is 0 Å². The van der Waals surface area contributed by atoms with Crippen molar-refractivity contribution in [3.8, 4) is 0 Å². The number of anilines is 5. The summed E-state index contributed by atoms with van der Waals surface area (Å²) < 4.78 is 0. The van der Waals surface area contributed by atoms with Gasteiger partial charge in [0, 0.05) is 11.1 Å². The number of nitrogens with zero attached hydrogens (tertiary/aromatic N) is 4. The molecule has 8 heteroatoms. The van der Waals surface area contributed by atoms with Crippen molar-refractivity contribution in [1.29, 1.82) is 0 Å². The lowest BCUT2D eigenvalue weighted by Crippen LogP contribution is -2.05. The SMILES string of the molecule is Cc1nc(Nc2ncnc(Nc3cccnc3)c2N)sc1C. The van der Waals surface area contributed by atoms with Crippen molar-refractivity contribution in [2.24, 2.45) is 0 Å². The predicted octanol–water partition coefficient (Wildman–Crippen LogP) is 3.01. The Morgan fingerprint density at radius 1 is 1.14 bits per heavy atom. The molecule has 0 aliphatic heterocycles. The number of rotatable bonds is 4. The largest absolute Gasteiger partial charge is 0.393 e. The van der Waals surface area contributed by atoms with Crippen LogP contribution in [-0.4, -0.2) is 19.9 Å². The maximum atomic E-state index is 6.13. The van der Waals surface area contributed by atoms with Gasteiger partial charge in [-0.25, -0.2) is 15.0 Å². The van der Waals surface area contributed by atoms with E-state index in [-0.39, 0.29) is 0 Å². The summed E-state index contributed by atoms with van der Waals surface area (Å²) in [5.41, 5.74) is 8.36. The topological polar surface area (TPSA) is 102 Å². The van der Waals surface area contributed by atoms with E-state index in [1.54, 1.807) is 23.7 Å². The molecule has 0 amide bonds. The molecule has 4 N–H and O–H groups in total. The Hall–Kier alpha value is -2.74. The zero-order valence-corrected chi connectivity index (χ0v) is 13.0. The molecule has 0 radical (unpaired) electrons. The fraction of sp³-hybridized carbons (Fsp3) is 0.143. The van der Waals surface area contributed by atoms with Crippen molar-refractivity contribution < 1.29 is 0 Å². The summed E-state index contributed by atoms with van der Waals surface area (Å²) in [5, 5.41) is 7.01. The quantitative estimate of drug-likeness (QED) is 0.680. The van der Waals surface area contributed by atoms with Gasteiger partial charge in [-0.3, -0.25) is 4.98 Å². The third-order valence-corrected chi connectivity index (χ3v) is 4.05. The summed E-state index contributed by atoms with van der Waals surface area (Å²) in [7, 11) is 0. The van der Waals surface area contributed by atoms with Crippen molar-refractivity contribution in [3.05, 3.63) is 41.4 Å². The van der Waals surface area contributed by atoms with Gasteiger partial charge in [-0.1, -0.05) is 0 Å². The van der Waals surface area contributed by atoms with E-state index in [9.17, 15) is 0 Å². The van der Waals surface area contributed by atoms with E-state index in [4.69, 9.17) is 5.73 Å². The van der Waals surface area contributed by atoms with E-state index in [0.29, 0.717) is 17.3 Å². The molecule has 7 nitrogen and oxygen atoms in total. The van der Waals surface area contributed by atoms with Crippen LogP contribution in [0.3, 0.4) is 0 Å². The van der Waals surface area contributed by atoms with Gasteiger partial charge in [-0.15, -0.1) is 11.3 Å². The number of nitrogen functional groups attached to an aromatic ring is 1. The summed E-state index contributed by atoms with van der Waals surface area (Å²) >= 11 is 1.56. The van der Waals surface area contributed by atoms with Crippen LogP contribution in [0.15, 0.2) is 30.9 Å². The van der Waals surface area contributed by atoms with Gasteiger partial charge in [0.25, 0.3) is 0 Å². The van der Waals surface area contributed by atoms with E-state index in [2.05, 4.69) is 30.6 Å².